The fourth-order valence-corrected chi connectivity index (χ4v) is 7.01. The second kappa shape index (κ2) is 18.8. The predicted molar refractivity (Wildman–Crippen MR) is 124 cm³/mol. The first-order valence-corrected chi connectivity index (χ1v) is 13.3. The van der Waals surface area contributed by atoms with Gasteiger partial charge in [0.05, 0.1) is 0 Å². The minimum absolute atomic E-state index is 0.657. The number of hydrogen-bond donors (Lipinski definition) is 4. The second-order valence-electron chi connectivity index (χ2n) is 4.76. The van der Waals surface area contributed by atoms with Crippen LogP contribution < -0.4 is 0 Å². The average molecular weight is 423 g/mol. The first kappa shape index (κ1) is 23.4. The Balaban J connectivity index is 3.73. The molecule has 0 nitrogen and oxygen atoms in total. The molecule has 0 aliphatic carbocycles. The first-order chi connectivity index (χ1) is 10.3. The molecule has 128 valence electrons. The fourth-order valence-electron chi connectivity index (χ4n) is 1.60. The van der Waals surface area contributed by atoms with Gasteiger partial charge in [-0.15, -0.1) is 0 Å². The molecule has 0 bridgehead atoms. The maximum absolute atomic E-state index is 4.52. The third kappa shape index (κ3) is 15.7. The van der Waals surface area contributed by atoms with Gasteiger partial charge < -0.3 is 0 Å². The van der Waals surface area contributed by atoms with Gasteiger partial charge in [-0.25, -0.2) is 0 Å². The van der Waals surface area contributed by atoms with E-state index in [1.54, 1.807) is 0 Å². The topological polar surface area (TPSA) is 0 Å². The van der Waals surface area contributed by atoms with E-state index in [1.165, 1.54) is 48.7 Å². The number of rotatable bonds is 16. The zero-order chi connectivity index (χ0) is 15.8. The highest BCUT2D eigenvalue weighted by molar-refractivity contribution is 8.06. The molecule has 0 spiro atoms. The molecule has 2 atom stereocenters. The molecule has 0 amide bonds. The van der Waals surface area contributed by atoms with E-state index in [1.807, 2.05) is 0 Å². The van der Waals surface area contributed by atoms with E-state index < -0.39 is 0 Å². The Hall–Kier alpha value is 2.45. The summed E-state index contributed by atoms with van der Waals surface area (Å²) < 4.78 is 0. The van der Waals surface area contributed by atoms with Crippen molar-refractivity contribution in [2.75, 3.05) is 46.0 Å². The molecule has 21 heavy (non-hydrogen) atoms. The molecule has 0 saturated carbocycles. The summed E-state index contributed by atoms with van der Waals surface area (Å²) in [5.41, 5.74) is 0. The lowest BCUT2D eigenvalue weighted by molar-refractivity contribution is 0.908. The van der Waals surface area contributed by atoms with Gasteiger partial charge in [-0.1, -0.05) is 0 Å². The zero-order valence-corrected chi connectivity index (χ0v) is 18.7. The highest BCUT2D eigenvalue weighted by Crippen LogP contribution is 2.26. The van der Waals surface area contributed by atoms with Gasteiger partial charge in [0.15, 0.2) is 0 Å². The van der Waals surface area contributed by atoms with Crippen LogP contribution in [-0.2, 0) is 0 Å². The SMILES string of the molecule is SCCCCSCC(CS)SC(CS)CSCCCCS. The highest BCUT2D eigenvalue weighted by Gasteiger charge is 2.15. The lowest BCUT2D eigenvalue weighted by Gasteiger charge is -2.20. The summed E-state index contributed by atoms with van der Waals surface area (Å²) in [6.45, 7) is 0. The molecule has 0 N–H and O–H groups in total. The molecule has 0 aliphatic heterocycles. The van der Waals surface area contributed by atoms with Crippen LogP contribution in [0, 0.1) is 0 Å². The maximum Gasteiger partial charge on any atom is 0.0229 e. The minimum atomic E-state index is 0.657. The van der Waals surface area contributed by atoms with Crippen LogP contribution in [0.3, 0.4) is 0 Å². The van der Waals surface area contributed by atoms with Gasteiger partial charge in [0, 0.05) is 33.5 Å². The molecule has 0 fully saturated rings. The molecule has 0 aromatic heterocycles. The minimum Gasteiger partial charge on any atom is -0.179 e. The Labute approximate surface area is 166 Å². The molecule has 0 heterocycles. The van der Waals surface area contributed by atoms with Gasteiger partial charge in [0.25, 0.3) is 0 Å². The summed E-state index contributed by atoms with van der Waals surface area (Å²) >= 11 is 23.8. The number of hydrogen-bond acceptors (Lipinski definition) is 7. The molecular formula is C14H30S7. The van der Waals surface area contributed by atoms with Crippen molar-refractivity contribution in [1.29, 1.82) is 0 Å². The summed E-state index contributed by atoms with van der Waals surface area (Å²) in [5.74, 6) is 8.92. The lowest BCUT2D eigenvalue weighted by Crippen LogP contribution is -2.18. The van der Waals surface area contributed by atoms with Crippen molar-refractivity contribution in [3.63, 3.8) is 0 Å². The monoisotopic (exact) mass is 422 g/mol. The van der Waals surface area contributed by atoms with Crippen LogP contribution in [0.15, 0.2) is 0 Å². The fraction of sp³-hybridized carbons (Fsp3) is 1.00. The number of unbranched alkanes of at least 4 members (excludes halogenated alkanes) is 2. The second-order valence-corrected chi connectivity index (χ2v) is 10.3. The summed E-state index contributed by atoms with van der Waals surface area (Å²) in [4.78, 5) is 0. The van der Waals surface area contributed by atoms with E-state index in [4.69, 9.17) is 0 Å². The van der Waals surface area contributed by atoms with Crippen molar-refractivity contribution in [1.82, 2.24) is 0 Å². The standard InChI is InChI=1S/C14H30S7/c15-5-1-3-7-19-11-13(9-17)21-14(10-18)12-20-8-4-2-6-16/h13-18H,1-12H2. The van der Waals surface area contributed by atoms with Crippen LogP contribution in [-0.4, -0.2) is 56.5 Å². The van der Waals surface area contributed by atoms with Crippen LogP contribution in [0.25, 0.3) is 0 Å². The van der Waals surface area contributed by atoms with Crippen LogP contribution >= 0.6 is 85.8 Å². The molecule has 0 aromatic rings. The Morgan fingerprint density at radius 3 is 1.38 bits per heavy atom. The van der Waals surface area contributed by atoms with Crippen LogP contribution in [0.5, 0.6) is 0 Å². The molecular weight excluding hydrogens is 393 g/mol. The Morgan fingerprint density at radius 1 is 0.619 bits per heavy atom. The van der Waals surface area contributed by atoms with Gasteiger partial charge in [0.2, 0.25) is 0 Å². The summed E-state index contributed by atoms with van der Waals surface area (Å²) in [7, 11) is 0. The van der Waals surface area contributed by atoms with Gasteiger partial charge in [-0.2, -0.15) is 85.8 Å². The van der Waals surface area contributed by atoms with Crippen LogP contribution in [0.2, 0.25) is 0 Å². The predicted octanol–water partition coefficient (Wildman–Crippen LogP) is 5.20. The van der Waals surface area contributed by atoms with E-state index in [0.29, 0.717) is 10.5 Å². The van der Waals surface area contributed by atoms with Crippen molar-refractivity contribution in [3.8, 4) is 0 Å². The molecule has 0 rings (SSSR count). The van der Waals surface area contributed by atoms with Crippen molar-refractivity contribution < 1.29 is 0 Å². The Morgan fingerprint density at radius 2 is 1.05 bits per heavy atom. The normalized spacial score (nSPS) is 14.3. The highest BCUT2D eigenvalue weighted by atomic mass is 32.2. The van der Waals surface area contributed by atoms with Gasteiger partial charge in [-0.3, -0.25) is 0 Å². The maximum atomic E-state index is 4.52. The largest absolute Gasteiger partial charge is 0.179 e. The van der Waals surface area contributed by atoms with Crippen molar-refractivity contribution in [3.05, 3.63) is 0 Å². The Bertz CT molecular complexity index is 184. The van der Waals surface area contributed by atoms with Gasteiger partial charge >= 0.3 is 0 Å². The average Bonchev–Trinajstić information content (AvgIpc) is 2.51. The smallest absolute Gasteiger partial charge is 0.0229 e. The third-order valence-corrected chi connectivity index (χ3v) is 9.09. The van der Waals surface area contributed by atoms with E-state index >= 15 is 0 Å². The van der Waals surface area contributed by atoms with Crippen LogP contribution in [0.4, 0.5) is 0 Å². The number of thioether (sulfide) groups is 3. The van der Waals surface area contributed by atoms with Crippen molar-refractivity contribution >= 4 is 85.8 Å². The summed E-state index contributed by atoms with van der Waals surface area (Å²) in [6.07, 6.45) is 5.04. The zero-order valence-electron chi connectivity index (χ0n) is 12.7. The van der Waals surface area contributed by atoms with E-state index in [0.717, 1.165) is 23.0 Å². The van der Waals surface area contributed by atoms with Gasteiger partial charge in [-0.05, 0) is 48.7 Å². The van der Waals surface area contributed by atoms with Crippen molar-refractivity contribution in [2.24, 2.45) is 0 Å². The van der Waals surface area contributed by atoms with E-state index in [9.17, 15) is 0 Å². The molecule has 0 saturated heterocycles. The molecule has 0 aliphatic rings. The number of thiol groups is 4. The van der Waals surface area contributed by atoms with Gasteiger partial charge in [0.1, 0.15) is 0 Å². The van der Waals surface area contributed by atoms with Crippen molar-refractivity contribution in [2.45, 2.75) is 36.2 Å². The first-order valence-electron chi connectivity index (χ1n) is 7.52. The Kier molecular flexibility index (Phi) is 21.0. The summed E-state index contributed by atoms with van der Waals surface area (Å²) in [5, 5.41) is 1.31. The van der Waals surface area contributed by atoms with Crippen LogP contribution in [0.1, 0.15) is 25.7 Å². The molecule has 7 heteroatoms. The molecule has 0 radical (unpaired) electrons. The van der Waals surface area contributed by atoms with E-state index in [-0.39, 0.29) is 0 Å². The summed E-state index contributed by atoms with van der Waals surface area (Å²) in [6, 6.07) is 0. The quantitative estimate of drug-likeness (QED) is 0.199. The molecule has 0 aromatic carbocycles. The third-order valence-electron chi connectivity index (χ3n) is 2.79. The van der Waals surface area contributed by atoms with E-state index in [2.05, 4.69) is 85.8 Å². The lowest BCUT2D eigenvalue weighted by atomic mass is 10.4. The molecule has 2 unspecified atom stereocenters.